The van der Waals surface area contributed by atoms with E-state index in [-0.39, 0.29) is 10.8 Å². The molecule has 16 heteroatoms. The van der Waals surface area contributed by atoms with Crippen molar-refractivity contribution in [2.24, 2.45) is 10.8 Å². The van der Waals surface area contributed by atoms with E-state index in [2.05, 4.69) is 36.6 Å². The fourth-order valence-electron chi connectivity index (χ4n) is 9.99. The summed E-state index contributed by atoms with van der Waals surface area (Å²) >= 11 is 16.5. The van der Waals surface area contributed by atoms with Crippen molar-refractivity contribution >= 4 is 68.5 Å². The molecule has 0 saturated carbocycles. The number of rotatable bonds is 21. The number of hydrogen-bond donors (Lipinski definition) is 6. The number of ether oxygens (including phenoxy) is 2. The fourth-order valence-corrected chi connectivity index (χ4v) is 12.3. The second kappa shape index (κ2) is 26.1. The molecule has 2 saturated heterocycles. The minimum absolute atomic E-state index is 0.210. The number of hydrogen-bond acceptors (Lipinski definition) is 14. The molecule has 0 bridgehead atoms. The van der Waals surface area contributed by atoms with Crippen molar-refractivity contribution in [1.82, 2.24) is 30.6 Å². The van der Waals surface area contributed by atoms with Crippen LogP contribution in [0.3, 0.4) is 0 Å². The molecule has 0 unspecified atom stereocenters. The van der Waals surface area contributed by atoms with Crippen molar-refractivity contribution in [3.05, 3.63) is 119 Å². The molecule has 4 aromatic heterocycles. The van der Waals surface area contributed by atoms with Gasteiger partial charge in [-0.2, -0.15) is 0 Å². The Hall–Kier alpha value is -3.80. The Morgan fingerprint density at radius 3 is 1.48 bits per heavy atom. The average Bonchev–Trinajstić information content (AvgIpc) is 3.39. The number of benzene rings is 2. The number of aliphatic hydroxyl groups is 4. The second-order valence-corrected chi connectivity index (χ2v) is 21.3. The van der Waals surface area contributed by atoms with Crippen LogP contribution in [0.1, 0.15) is 94.0 Å². The predicted octanol–water partition coefficient (Wildman–Crippen LogP) is 10.4. The third-order valence-electron chi connectivity index (χ3n) is 14.1. The molecule has 6 heterocycles. The summed E-state index contributed by atoms with van der Waals surface area (Å²) in [6, 6.07) is 19.2. The molecule has 12 nitrogen and oxygen atoms in total. The van der Waals surface area contributed by atoms with Crippen molar-refractivity contribution in [2.45, 2.75) is 105 Å². The molecule has 0 amide bonds. The molecule has 0 spiro atoms. The summed E-state index contributed by atoms with van der Waals surface area (Å²) in [5, 5.41) is 54.5. The van der Waals surface area contributed by atoms with E-state index in [0.717, 1.165) is 121 Å². The zero-order valence-electron chi connectivity index (χ0n) is 39.5. The largest absolute Gasteiger partial charge is 0.497 e. The Bertz CT molecular complexity index is 2520. The first kappa shape index (κ1) is 53.0. The number of halogens is 2. The quantitative estimate of drug-likeness (QED) is 0.0297. The third kappa shape index (κ3) is 14.0. The van der Waals surface area contributed by atoms with Gasteiger partial charge in [0.05, 0.1) is 59.7 Å². The van der Waals surface area contributed by atoms with E-state index in [1.54, 1.807) is 62.5 Å². The normalized spacial score (nSPS) is 17.3. The molecule has 2 aromatic carbocycles. The zero-order valence-corrected chi connectivity index (χ0v) is 42.7. The molecule has 8 rings (SSSR count). The van der Waals surface area contributed by atoms with Crippen LogP contribution in [-0.2, 0) is 0 Å². The Morgan fingerprint density at radius 2 is 1.04 bits per heavy atom. The van der Waals surface area contributed by atoms with Gasteiger partial charge in [-0.25, -0.2) is 0 Å². The summed E-state index contributed by atoms with van der Waals surface area (Å²) in [7, 11) is 3.23. The summed E-state index contributed by atoms with van der Waals surface area (Å²) in [4.78, 5) is 19.4. The van der Waals surface area contributed by atoms with Crippen molar-refractivity contribution in [3.63, 3.8) is 0 Å². The molecule has 0 radical (unpaired) electrons. The number of aliphatic hydroxyl groups excluding tert-OH is 4. The minimum Gasteiger partial charge on any atom is -0.497 e. The van der Waals surface area contributed by atoms with Gasteiger partial charge >= 0.3 is 0 Å². The van der Waals surface area contributed by atoms with Crippen LogP contribution < -0.4 is 20.1 Å². The van der Waals surface area contributed by atoms with Gasteiger partial charge in [-0.3, -0.25) is 19.9 Å². The highest BCUT2D eigenvalue weighted by Crippen LogP contribution is 2.45. The van der Waals surface area contributed by atoms with Gasteiger partial charge in [0, 0.05) is 74.6 Å². The van der Waals surface area contributed by atoms with Crippen LogP contribution in [0.4, 0.5) is 0 Å². The molecule has 2 aliphatic heterocycles. The van der Waals surface area contributed by atoms with E-state index < -0.39 is 24.4 Å². The first-order valence-corrected chi connectivity index (χ1v) is 26.7. The van der Waals surface area contributed by atoms with E-state index in [9.17, 15) is 20.4 Å². The van der Waals surface area contributed by atoms with Crippen LogP contribution in [0, 0.1) is 10.8 Å². The van der Waals surface area contributed by atoms with Gasteiger partial charge in [-0.1, -0.05) is 23.2 Å². The van der Waals surface area contributed by atoms with Crippen LogP contribution in [0.15, 0.2) is 108 Å². The van der Waals surface area contributed by atoms with E-state index in [1.165, 1.54) is 0 Å². The maximum atomic E-state index is 11.3. The van der Waals surface area contributed by atoms with Gasteiger partial charge in [0.25, 0.3) is 0 Å². The number of methoxy groups -OCH3 is 2. The van der Waals surface area contributed by atoms with Gasteiger partial charge in [-0.15, -0.1) is 23.5 Å². The van der Waals surface area contributed by atoms with Gasteiger partial charge in [0.15, 0.2) is 0 Å². The van der Waals surface area contributed by atoms with Crippen molar-refractivity contribution < 1.29 is 29.9 Å². The lowest BCUT2D eigenvalue weighted by molar-refractivity contribution is -0.0201. The molecular formula is C53H66Cl2N6O6S2. The lowest BCUT2D eigenvalue weighted by atomic mass is 9.69. The highest BCUT2D eigenvalue weighted by molar-refractivity contribution is 7.99. The molecular weight excluding hydrogens is 952 g/mol. The standard InChI is InChI=1S/C27H34ClN3O3S.C26H32ClN3O3S/c1-34-19-6-7-23-21(16-19)26(22(28)18-31-23)24(32)8-9-27(10-13-29-14-11-27)25(33)5-3-15-35-20-4-2-12-30-17-20;1-33-18-4-5-22-20(15-18)25(21(27)17-30-22)23(31)6-8-26(9-12-28-13-10-26)24(32)7-14-34-19-3-2-11-29-16-19/h2,4,6-7,12,16-18,24-25,29,32-33H,3,5,8-11,13-15H2,1H3;2-5,11,15-17,23-24,28,31-32H,6-10,12-14H2,1H3/t24-,25+;23-,24+/m11/s1. The number of aromatic nitrogens is 4. The minimum atomic E-state index is -0.756. The lowest BCUT2D eigenvalue weighted by Crippen LogP contribution is -2.45. The van der Waals surface area contributed by atoms with Gasteiger partial charge in [-0.05, 0) is 174 Å². The number of fused-ring (bicyclic) bond motifs is 2. The van der Waals surface area contributed by atoms with Crippen LogP contribution in [0.2, 0.25) is 10.0 Å². The molecule has 2 aliphatic rings. The third-order valence-corrected chi connectivity index (χ3v) is 16.8. The van der Waals surface area contributed by atoms with E-state index in [4.69, 9.17) is 32.7 Å². The first-order valence-electron chi connectivity index (χ1n) is 24.0. The van der Waals surface area contributed by atoms with Gasteiger partial charge in [0.2, 0.25) is 0 Å². The number of nitrogens with one attached hydrogen (secondary N) is 2. The van der Waals surface area contributed by atoms with Crippen LogP contribution in [0.5, 0.6) is 11.5 Å². The summed E-state index contributed by atoms with van der Waals surface area (Å²) in [5.41, 5.74) is 2.46. The Kier molecular flexibility index (Phi) is 20.0. The SMILES string of the molecule is COc1ccc2ncc(Cl)c([C@H](O)CCC3([C@@H](O)CCCSc4cccnc4)CCNCC3)c2c1.COc1ccc2ncc(Cl)c([C@H](O)CCC3([C@@H](O)CCSc4cccnc4)CCNCC3)c2c1. The maximum Gasteiger partial charge on any atom is 0.119 e. The average molecular weight is 1020 g/mol. The van der Waals surface area contributed by atoms with Crippen LogP contribution in [0.25, 0.3) is 21.8 Å². The summed E-state index contributed by atoms with van der Waals surface area (Å²) < 4.78 is 10.7. The highest BCUT2D eigenvalue weighted by Gasteiger charge is 2.40. The van der Waals surface area contributed by atoms with E-state index >= 15 is 0 Å². The molecule has 370 valence electrons. The van der Waals surface area contributed by atoms with E-state index in [1.807, 2.05) is 67.0 Å². The van der Waals surface area contributed by atoms with Crippen LogP contribution in [-0.4, -0.2) is 104 Å². The van der Waals surface area contributed by atoms with Gasteiger partial charge in [0.1, 0.15) is 11.5 Å². The number of thioether (sulfide) groups is 2. The molecule has 6 aromatic rings. The summed E-state index contributed by atoms with van der Waals surface area (Å²) in [6.45, 7) is 3.51. The molecule has 6 N–H and O–H groups in total. The van der Waals surface area contributed by atoms with Crippen molar-refractivity contribution in [3.8, 4) is 11.5 Å². The number of piperidine rings is 2. The molecule has 69 heavy (non-hydrogen) atoms. The number of nitrogens with zero attached hydrogens (tertiary/aromatic N) is 4. The number of pyridine rings is 4. The van der Waals surface area contributed by atoms with Crippen molar-refractivity contribution in [2.75, 3.05) is 51.9 Å². The molecule has 2 fully saturated rings. The fraction of sp³-hybridized carbons (Fsp3) is 0.472. The topological polar surface area (TPSA) is 175 Å². The maximum absolute atomic E-state index is 11.3. The van der Waals surface area contributed by atoms with E-state index in [0.29, 0.717) is 51.9 Å². The predicted molar refractivity (Wildman–Crippen MR) is 280 cm³/mol. The Balaban J connectivity index is 0.000000204. The zero-order chi connectivity index (χ0) is 48.6. The monoisotopic (exact) mass is 1020 g/mol. The lowest BCUT2D eigenvalue weighted by Gasteiger charge is -2.42. The first-order chi connectivity index (χ1) is 33.5. The van der Waals surface area contributed by atoms with Crippen LogP contribution >= 0.6 is 46.7 Å². The summed E-state index contributed by atoms with van der Waals surface area (Å²) in [5.74, 6) is 3.16. The Labute approximate surface area is 424 Å². The highest BCUT2D eigenvalue weighted by atomic mass is 35.5. The Morgan fingerprint density at radius 1 is 0.594 bits per heavy atom. The van der Waals surface area contributed by atoms with Gasteiger partial charge < -0.3 is 40.5 Å². The summed E-state index contributed by atoms with van der Waals surface area (Å²) in [6.07, 6.45) is 16.6. The molecule has 4 atom stereocenters. The van der Waals surface area contributed by atoms with Crippen molar-refractivity contribution in [1.29, 1.82) is 0 Å². The molecule has 0 aliphatic carbocycles. The smallest absolute Gasteiger partial charge is 0.119 e. The second-order valence-electron chi connectivity index (χ2n) is 18.2.